The summed E-state index contributed by atoms with van der Waals surface area (Å²) < 4.78 is 0. The van der Waals surface area contributed by atoms with Gasteiger partial charge >= 0.3 is 0 Å². The molecule has 0 bridgehead atoms. The van der Waals surface area contributed by atoms with Gasteiger partial charge in [0.25, 0.3) is 0 Å². The lowest BCUT2D eigenvalue weighted by Gasteiger charge is -2.38. The highest BCUT2D eigenvalue weighted by Crippen LogP contribution is 2.34. The van der Waals surface area contributed by atoms with Gasteiger partial charge in [0, 0.05) is 18.8 Å². The van der Waals surface area contributed by atoms with E-state index in [1.165, 1.54) is 30.5 Å². The van der Waals surface area contributed by atoms with E-state index in [1.54, 1.807) is 0 Å². The van der Waals surface area contributed by atoms with Crippen LogP contribution < -0.4 is 4.90 Å². The number of piperidine rings is 1. The number of aryl methyl sites for hydroxylation is 2. The normalized spacial score (nSPS) is 21.0. The molecule has 0 amide bonds. The van der Waals surface area contributed by atoms with Crippen molar-refractivity contribution in [1.82, 2.24) is 4.98 Å². The van der Waals surface area contributed by atoms with Crippen LogP contribution in [0.2, 0.25) is 0 Å². The average molecular weight is 255 g/mol. The lowest BCUT2D eigenvalue weighted by Crippen LogP contribution is -2.38. The molecule has 3 heteroatoms. The van der Waals surface area contributed by atoms with Gasteiger partial charge in [-0.2, -0.15) is 5.26 Å². The minimum Gasteiger partial charge on any atom is -0.355 e. The van der Waals surface area contributed by atoms with Crippen LogP contribution >= 0.6 is 0 Å². The second kappa shape index (κ2) is 4.52. The van der Waals surface area contributed by atoms with Crippen molar-refractivity contribution in [3.05, 3.63) is 22.9 Å². The van der Waals surface area contributed by atoms with E-state index < -0.39 is 0 Å². The molecule has 0 aromatic carbocycles. The molecule has 1 aromatic rings. The van der Waals surface area contributed by atoms with Crippen LogP contribution in [0.4, 0.5) is 5.82 Å². The maximum Gasteiger partial charge on any atom is 0.146 e. The van der Waals surface area contributed by atoms with Gasteiger partial charge in [-0.25, -0.2) is 4.98 Å². The number of pyridine rings is 1. The second-order valence-corrected chi connectivity index (χ2v) is 6.58. The first kappa shape index (κ1) is 12.5. The summed E-state index contributed by atoms with van der Waals surface area (Å²) in [6.45, 7) is 6.69. The molecule has 0 N–H and O–H groups in total. The number of hydrogen-bond acceptors (Lipinski definition) is 3. The third-order valence-electron chi connectivity index (χ3n) is 4.57. The first-order chi connectivity index (χ1) is 9.09. The van der Waals surface area contributed by atoms with Gasteiger partial charge in [0.1, 0.15) is 11.9 Å². The zero-order valence-electron chi connectivity index (χ0n) is 11.9. The lowest BCUT2D eigenvalue weighted by molar-refractivity contribution is 0.279. The molecule has 0 radical (unpaired) electrons. The van der Waals surface area contributed by atoms with Crippen LogP contribution in [0.15, 0.2) is 6.07 Å². The molecule has 2 aliphatic rings. The van der Waals surface area contributed by atoms with Crippen LogP contribution in [0.1, 0.15) is 49.9 Å². The van der Waals surface area contributed by atoms with Gasteiger partial charge in [0.05, 0.1) is 5.56 Å². The Morgan fingerprint density at radius 3 is 2.68 bits per heavy atom. The van der Waals surface area contributed by atoms with Crippen LogP contribution in [0.5, 0.6) is 0 Å². The number of rotatable bonds is 1. The summed E-state index contributed by atoms with van der Waals surface area (Å²) in [5.41, 5.74) is 3.71. The number of aromatic nitrogens is 1. The Morgan fingerprint density at radius 2 is 2.00 bits per heavy atom. The summed E-state index contributed by atoms with van der Waals surface area (Å²) in [5.74, 6) is 0.929. The molecule has 1 aliphatic carbocycles. The van der Waals surface area contributed by atoms with E-state index in [4.69, 9.17) is 4.98 Å². The van der Waals surface area contributed by atoms with E-state index in [0.717, 1.165) is 37.3 Å². The Balaban J connectivity index is 1.91. The topological polar surface area (TPSA) is 39.9 Å². The van der Waals surface area contributed by atoms with Crippen molar-refractivity contribution >= 4 is 5.82 Å². The summed E-state index contributed by atoms with van der Waals surface area (Å²) in [6, 6.07) is 4.41. The van der Waals surface area contributed by atoms with Gasteiger partial charge in [0.2, 0.25) is 0 Å². The molecule has 3 nitrogen and oxygen atoms in total. The van der Waals surface area contributed by atoms with E-state index >= 15 is 0 Å². The molecular weight excluding hydrogens is 234 g/mol. The smallest absolute Gasteiger partial charge is 0.146 e. The average Bonchev–Trinajstić information content (AvgIpc) is 2.84. The fraction of sp³-hybridized carbons (Fsp3) is 0.625. The zero-order chi connectivity index (χ0) is 13.5. The van der Waals surface area contributed by atoms with Gasteiger partial charge in [-0.3, -0.25) is 0 Å². The van der Waals surface area contributed by atoms with Crippen LogP contribution in [0, 0.1) is 16.7 Å². The number of nitriles is 1. The standard InChI is InChI=1S/C16H21N3/c1-16(2)6-8-19(9-7-16)15-13(11-17)10-12-4-3-5-14(12)18-15/h10H,3-9H2,1-2H3. The van der Waals surface area contributed by atoms with Gasteiger partial charge < -0.3 is 4.90 Å². The van der Waals surface area contributed by atoms with Gasteiger partial charge in [-0.15, -0.1) is 0 Å². The summed E-state index contributed by atoms with van der Waals surface area (Å²) in [4.78, 5) is 7.11. The molecule has 19 heavy (non-hydrogen) atoms. The van der Waals surface area contributed by atoms with Crippen molar-refractivity contribution < 1.29 is 0 Å². The van der Waals surface area contributed by atoms with Gasteiger partial charge in [-0.1, -0.05) is 13.8 Å². The highest BCUT2D eigenvalue weighted by Gasteiger charge is 2.28. The maximum atomic E-state index is 9.37. The Morgan fingerprint density at radius 1 is 1.26 bits per heavy atom. The molecule has 1 saturated heterocycles. The van der Waals surface area contributed by atoms with Crippen molar-refractivity contribution in [2.24, 2.45) is 5.41 Å². The van der Waals surface area contributed by atoms with E-state index in [-0.39, 0.29) is 0 Å². The van der Waals surface area contributed by atoms with Crippen molar-refractivity contribution in [3.63, 3.8) is 0 Å². The highest BCUT2D eigenvalue weighted by molar-refractivity contribution is 5.57. The first-order valence-corrected chi connectivity index (χ1v) is 7.27. The Hall–Kier alpha value is -1.56. The molecule has 0 atom stereocenters. The summed E-state index contributed by atoms with van der Waals surface area (Å²) >= 11 is 0. The summed E-state index contributed by atoms with van der Waals surface area (Å²) in [7, 11) is 0. The predicted molar refractivity (Wildman–Crippen MR) is 76.2 cm³/mol. The number of hydrogen-bond donors (Lipinski definition) is 0. The largest absolute Gasteiger partial charge is 0.355 e. The van der Waals surface area contributed by atoms with Crippen LogP contribution in [0.25, 0.3) is 0 Å². The third-order valence-corrected chi connectivity index (χ3v) is 4.57. The van der Waals surface area contributed by atoms with E-state index in [2.05, 4.69) is 30.9 Å². The monoisotopic (exact) mass is 255 g/mol. The first-order valence-electron chi connectivity index (χ1n) is 7.27. The second-order valence-electron chi connectivity index (χ2n) is 6.58. The van der Waals surface area contributed by atoms with Crippen molar-refractivity contribution in [2.75, 3.05) is 18.0 Å². The van der Waals surface area contributed by atoms with E-state index in [0.29, 0.717) is 5.41 Å². The van der Waals surface area contributed by atoms with Crippen molar-refractivity contribution in [2.45, 2.75) is 46.0 Å². The lowest BCUT2D eigenvalue weighted by atomic mass is 9.82. The fourth-order valence-electron chi connectivity index (χ4n) is 3.11. The molecular formula is C16H21N3. The Kier molecular flexibility index (Phi) is 2.97. The Bertz CT molecular complexity index is 530. The van der Waals surface area contributed by atoms with Crippen LogP contribution in [-0.2, 0) is 12.8 Å². The van der Waals surface area contributed by atoms with E-state index in [9.17, 15) is 5.26 Å². The van der Waals surface area contributed by atoms with Gasteiger partial charge in [0.15, 0.2) is 0 Å². The minimum atomic E-state index is 0.431. The summed E-state index contributed by atoms with van der Waals surface area (Å²) in [5, 5.41) is 9.37. The quantitative estimate of drug-likeness (QED) is 0.774. The molecule has 0 unspecified atom stereocenters. The zero-order valence-corrected chi connectivity index (χ0v) is 11.9. The maximum absolute atomic E-state index is 9.37. The molecule has 2 heterocycles. The highest BCUT2D eigenvalue weighted by atomic mass is 15.2. The number of anilines is 1. The molecule has 1 aliphatic heterocycles. The molecule has 0 spiro atoms. The Labute approximate surface area is 115 Å². The predicted octanol–water partition coefficient (Wildman–Crippen LogP) is 3.07. The van der Waals surface area contributed by atoms with Crippen molar-refractivity contribution in [3.8, 4) is 6.07 Å². The molecule has 1 aromatic heterocycles. The van der Waals surface area contributed by atoms with E-state index in [1.807, 2.05) is 0 Å². The van der Waals surface area contributed by atoms with Gasteiger partial charge in [-0.05, 0) is 49.1 Å². The number of fused-ring (bicyclic) bond motifs is 1. The fourth-order valence-corrected chi connectivity index (χ4v) is 3.11. The summed E-state index contributed by atoms with van der Waals surface area (Å²) in [6.07, 6.45) is 5.70. The minimum absolute atomic E-state index is 0.431. The molecule has 1 fully saturated rings. The SMILES string of the molecule is CC1(C)CCN(c2nc3c(cc2C#N)CCC3)CC1. The van der Waals surface area contributed by atoms with Crippen LogP contribution in [0.3, 0.4) is 0 Å². The van der Waals surface area contributed by atoms with Crippen LogP contribution in [-0.4, -0.2) is 18.1 Å². The van der Waals surface area contributed by atoms with Crippen molar-refractivity contribution in [1.29, 1.82) is 5.26 Å². The number of nitrogens with zero attached hydrogens (tertiary/aromatic N) is 3. The molecule has 100 valence electrons. The third kappa shape index (κ3) is 2.32. The molecule has 0 saturated carbocycles. The molecule has 3 rings (SSSR count).